The SMILES string of the molecule is CCc1cc(C(=O)NC[C@H](c2ccc(OC)cc2)N(C)C)n[nH]1. The first kappa shape index (κ1) is 17.0. The number of methoxy groups -OCH3 is 1. The Morgan fingerprint density at radius 1 is 1.35 bits per heavy atom. The average molecular weight is 316 g/mol. The monoisotopic (exact) mass is 316 g/mol. The highest BCUT2D eigenvalue weighted by atomic mass is 16.5. The summed E-state index contributed by atoms with van der Waals surface area (Å²) in [6, 6.07) is 9.74. The number of H-pyrrole nitrogens is 1. The van der Waals surface area contributed by atoms with E-state index in [-0.39, 0.29) is 11.9 Å². The largest absolute Gasteiger partial charge is 0.497 e. The standard InChI is InChI=1S/C17H24N4O2/c1-5-13-10-15(20-19-13)17(22)18-11-16(21(2)3)12-6-8-14(23-4)9-7-12/h6-10,16H,5,11H2,1-4H3,(H,18,22)(H,19,20)/t16-/m1/s1. The molecule has 1 amide bonds. The summed E-state index contributed by atoms with van der Waals surface area (Å²) in [5, 5.41) is 9.84. The molecule has 0 saturated carbocycles. The number of hydrogen-bond acceptors (Lipinski definition) is 4. The van der Waals surface area contributed by atoms with Crippen LogP contribution in [0.2, 0.25) is 0 Å². The smallest absolute Gasteiger partial charge is 0.271 e. The average Bonchev–Trinajstić information content (AvgIpc) is 3.04. The molecule has 1 aromatic heterocycles. The van der Waals surface area contributed by atoms with E-state index in [0.717, 1.165) is 23.4 Å². The number of carbonyl (C=O) groups is 1. The molecule has 2 rings (SSSR count). The number of ether oxygens (including phenoxy) is 1. The van der Waals surface area contributed by atoms with Gasteiger partial charge in [-0.25, -0.2) is 0 Å². The van der Waals surface area contributed by atoms with Crippen LogP contribution in [0.5, 0.6) is 5.75 Å². The first-order chi connectivity index (χ1) is 11.0. The van der Waals surface area contributed by atoms with Crippen molar-refractivity contribution in [3.8, 4) is 5.75 Å². The van der Waals surface area contributed by atoms with Gasteiger partial charge in [-0.05, 0) is 44.3 Å². The van der Waals surface area contributed by atoms with Gasteiger partial charge in [0.2, 0.25) is 0 Å². The van der Waals surface area contributed by atoms with Crippen LogP contribution in [0.1, 0.15) is 34.7 Å². The number of hydrogen-bond donors (Lipinski definition) is 2. The van der Waals surface area contributed by atoms with E-state index < -0.39 is 0 Å². The lowest BCUT2D eigenvalue weighted by Gasteiger charge is -2.25. The number of amides is 1. The van der Waals surface area contributed by atoms with Crippen LogP contribution in [0, 0.1) is 0 Å². The van der Waals surface area contributed by atoms with Crippen LogP contribution in [0.4, 0.5) is 0 Å². The fraction of sp³-hybridized carbons (Fsp3) is 0.412. The number of rotatable bonds is 7. The minimum absolute atomic E-state index is 0.0782. The number of aromatic amines is 1. The van der Waals surface area contributed by atoms with Gasteiger partial charge in [0, 0.05) is 12.2 Å². The van der Waals surface area contributed by atoms with E-state index in [1.165, 1.54) is 0 Å². The zero-order valence-corrected chi connectivity index (χ0v) is 14.1. The minimum Gasteiger partial charge on any atom is -0.497 e. The molecule has 0 aliphatic heterocycles. The number of nitrogens with one attached hydrogen (secondary N) is 2. The number of aromatic nitrogens is 2. The van der Waals surface area contributed by atoms with Crippen molar-refractivity contribution >= 4 is 5.91 Å². The van der Waals surface area contributed by atoms with Crippen LogP contribution in [-0.4, -0.2) is 48.8 Å². The third-order valence-corrected chi connectivity index (χ3v) is 3.82. The Morgan fingerprint density at radius 2 is 2.04 bits per heavy atom. The van der Waals surface area contributed by atoms with Gasteiger partial charge in [-0.1, -0.05) is 19.1 Å². The summed E-state index contributed by atoms with van der Waals surface area (Å²) in [5.74, 6) is 0.653. The molecule has 0 saturated heterocycles. The zero-order chi connectivity index (χ0) is 16.8. The predicted octanol–water partition coefficient (Wildman–Crippen LogP) is 2.01. The molecule has 0 bridgehead atoms. The summed E-state index contributed by atoms with van der Waals surface area (Å²) in [4.78, 5) is 14.3. The molecule has 2 aromatic rings. The molecule has 2 N–H and O–H groups in total. The van der Waals surface area contributed by atoms with Crippen molar-refractivity contribution in [1.82, 2.24) is 20.4 Å². The second-order valence-corrected chi connectivity index (χ2v) is 5.59. The minimum atomic E-state index is -0.165. The Hall–Kier alpha value is -2.34. The maximum Gasteiger partial charge on any atom is 0.271 e. The molecule has 23 heavy (non-hydrogen) atoms. The second-order valence-electron chi connectivity index (χ2n) is 5.59. The van der Waals surface area contributed by atoms with Gasteiger partial charge in [-0.2, -0.15) is 5.10 Å². The van der Waals surface area contributed by atoms with Crippen molar-refractivity contribution in [2.45, 2.75) is 19.4 Å². The van der Waals surface area contributed by atoms with Gasteiger partial charge in [-0.15, -0.1) is 0 Å². The number of nitrogens with zero attached hydrogens (tertiary/aromatic N) is 2. The van der Waals surface area contributed by atoms with Crippen LogP contribution < -0.4 is 10.1 Å². The summed E-state index contributed by atoms with van der Waals surface area (Å²) in [6.07, 6.45) is 0.826. The zero-order valence-electron chi connectivity index (χ0n) is 14.1. The summed E-state index contributed by atoms with van der Waals surface area (Å²) in [6.45, 7) is 2.52. The highest BCUT2D eigenvalue weighted by Gasteiger charge is 2.17. The van der Waals surface area contributed by atoms with Gasteiger partial charge in [0.15, 0.2) is 0 Å². The van der Waals surface area contributed by atoms with Crippen molar-refractivity contribution < 1.29 is 9.53 Å². The fourth-order valence-electron chi connectivity index (χ4n) is 2.36. The highest BCUT2D eigenvalue weighted by Crippen LogP contribution is 2.20. The lowest BCUT2D eigenvalue weighted by Crippen LogP contribution is -2.34. The molecular weight excluding hydrogens is 292 g/mol. The highest BCUT2D eigenvalue weighted by molar-refractivity contribution is 5.92. The van der Waals surface area contributed by atoms with Crippen molar-refractivity contribution in [3.05, 3.63) is 47.3 Å². The predicted molar refractivity (Wildman–Crippen MR) is 89.7 cm³/mol. The first-order valence-electron chi connectivity index (χ1n) is 7.68. The third-order valence-electron chi connectivity index (χ3n) is 3.82. The van der Waals surface area contributed by atoms with E-state index in [4.69, 9.17) is 4.74 Å². The third kappa shape index (κ3) is 4.32. The Kier molecular flexibility index (Phi) is 5.76. The Labute approximate surface area is 136 Å². The van der Waals surface area contributed by atoms with Gasteiger partial charge in [0.05, 0.1) is 13.2 Å². The summed E-state index contributed by atoms with van der Waals surface area (Å²) in [7, 11) is 5.63. The number of benzene rings is 1. The number of aryl methyl sites for hydroxylation is 1. The van der Waals surface area contributed by atoms with Crippen LogP contribution in [0.15, 0.2) is 30.3 Å². The van der Waals surface area contributed by atoms with Gasteiger partial charge in [0.1, 0.15) is 11.4 Å². The number of likely N-dealkylation sites (N-methyl/N-ethyl adjacent to an activating group) is 1. The second kappa shape index (κ2) is 7.78. The Balaban J connectivity index is 2.02. The topological polar surface area (TPSA) is 70.2 Å². The van der Waals surface area contributed by atoms with E-state index in [2.05, 4.69) is 20.4 Å². The van der Waals surface area contributed by atoms with E-state index in [9.17, 15) is 4.79 Å². The molecule has 0 unspecified atom stereocenters. The normalized spacial score (nSPS) is 12.2. The molecule has 0 fully saturated rings. The molecular formula is C17H24N4O2. The van der Waals surface area contributed by atoms with Gasteiger partial charge < -0.3 is 15.0 Å². The van der Waals surface area contributed by atoms with Crippen molar-refractivity contribution in [2.75, 3.05) is 27.7 Å². The van der Waals surface area contributed by atoms with Crippen molar-refractivity contribution in [1.29, 1.82) is 0 Å². The maximum absolute atomic E-state index is 12.2. The van der Waals surface area contributed by atoms with Crippen LogP contribution in [0.25, 0.3) is 0 Å². The molecule has 0 aliphatic carbocycles. The van der Waals surface area contributed by atoms with E-state index >= 15 is 0 Å². The van der Waals surface area contributed by atoms with Crippen LogP contribution in [0.3, 0.4) is 0 Å². The van der Waals surface area contributed by atoms with Crippen molar-refractivity contribution in [3.63, 3.8) is 0 Å². The van der Waals surface area contributed by atoms with Crippen LogP contribution in [-0.2, 0) is 6.42 Å². The Morgan fingerprint density at radius 3 is 2.57 bits per heavy atom. The van der Waals surface area contributed by atoms with Crippen LogP contribution >= 0.6 is 0 Å². The lowest BCUT2D eigenvalue weighted by atomic mass is 10.1. The molecule has 1 atom stereocenters. The molecule has 1 heterocycles. The van der Waals surface area contributed by atoms with Gasteiger partial charge in [-0.3, -0.25) is 9.89 Å². The molecule has 0 aliphatic rings. The molecule has 0 radical (unpaired) electrons. The molecule has 6 nitrogen and oxygen atoms in total. The number of carbonyl (C=O) groups excluding carboxylic acids is 1. The molecule has 6 heteroatoms. The van der Waals surface area contributed by atoms with Gasteiger partial charge >= 0.3 is 0 Å². The van der Waals surface area contributed by atoms with Crippen molar-refractivity contribution in [2.24, 2.45) is 0 Å². The lowest BCUT2D eigenvalue weighted by molar-refractivity contribution is 0.0937. The molecule has 0 spiro atoms. The van der Waals surface area contributed by atoms with E-state index in [0.29, 0.717) is 12.2 Å². The van der Waals surface area contributed by atoms with E-state index in [1.807, 2.05) is 45.3 Å². The summed E-state index contributed by atoms with van der Waals surface area (Å²) < 4.78 is 5.18. The van der Waals surface area contributed by atoms with Gasteiger partial charge in [0.25, 0.3) is 5.91 Å². The summed E-state index contributed by atoms with van der Waals surface area (Å²) >= 11 is 0. The fourth-order valence-corrected chi connectivity index (χ4v) is 2.36. The summed E-state index contributed by atoms with van der Waals surface area (Å²) in [5.41, 5.74) is 2.50. The quantitative estimate of drug-likeness (QED) is 0.820. The Bertz CT molecular complexity index is 634. The molecule has 1 aromatic carbocycles. The maximum atomic E-state index is 12.2. The van der Waals surface area contributed by atoms with E-state index in [1.54, 1.807) is 13.2 Å². The first-order valence-corrected chi connectivity index (χ1v) is 7.68. The molecule has 124 valence electrons.